The third-order valence-electron chi connectivity index (χ3n) is 8.18. The molecule has 1 heterocycles. The maximum absolute atomic E-state index is 13.0. The highest BCUT2D eigenvalue weighted by Gasteiger charge is 2.51. The standard InChI is InChI=1S/C27H38BrN3O2/c1-19(2)25(32)31(18-21-8-9-22-17-24(21)27(22,3)4)15-12-29-10-13-30(14-11-29)26(33)20-6-5-7-23(28)16-20/h5-8,16,19,22,24H,9-15,17-18H2,1-4H3. The smallest absolute Gasteiger partial charge is 0.253 e. The van der Waals surface area contributed by atoms with Crippen molar-refractivity contribution in [1.82, 2.24) is 14.7 Å². The van der Waals surface area contributed by atoms with Crippen molar-refractivity contribution in [2.24, 2.45) is 23.2 Å². The number of carbonyl (C=O) groups excluding carboxylic acids is 2. The predicted octanol–water partition coefficient (Wildman–Crippen LogP) is 4.68. The molecular formula is C27H38BrN3O2. The van der Waals surface area contributed by atoms with Gasteiger partial charge in [-0.15, -0.1) is 0 Å². The van der Waals surface area contributed by atoms with Crippen LogP contribution in [-0.2, 0) is 4.79 Å². The molecule has 6 heteroatoms. The lowest BCUT2D eigenvalue weighted by molar-refractivity contribution is -0.134. The van der Waals surface area contributed by atoms with Gasteiger partial charge in [-0.3, -0.25) is 14.5 Å². The molecule has 2 atom stereocenters. The van der Waals surface area contributed by atoms with E-state index in [2.05, 4.69) is 45.7 Å². The SMILES string of the molecule is CC(C)C(=O)N(CCN1CCN(C(=O)c2cccc(Br)c2)CC1)CC1=CCC2CC1C2(C)C. The van der Waals surface area contributed by atoms with Gasteiger partial charge in [0.25, 0.3) is 5.91 Å². The summed E-state index contributed by atoms with van der Waals surface area (Å²) < 4.78 is 0.927. The Morgan fingerprint density at radius 3 is 2.52 bits per heavy atom. The van der Waals surface area contributed by atoms with E-state index >= 15 is 0 Å². The Morgan fingerprint density at radius 1 is 1.18 bits per heavy atom. The van der Waals surface area contributed by atoms with Crippen LogP contribution in [0, 0.1) is 23.2 Å². The van der Waals surface area contributed by atoms with Crippen LogP contribution in [0.15, 0.2) is 40.4 Å². The number of halogens is 1. The molecule has 1 aliphatic heterocycles. The molecule has 2 bridgehead atoms. The number of hydrogen-bond acceptors (Lipinski definition) is 3. The molecular weight excluding hydrogens is 478 g/mol. The second-order valence-electron chi connectivity index (χ2n) is 10.9. The molecule has 33 heavy (non-hydrogen) atoms. The molecule has 2 fully saturated rings. The molecule has 0 radical (unpaired) electrons. The molecule has 3 aliphatic carbocycles. The molecule has 0 aromatic heterocycles. The second kappa shape index (κ2) is 9.91. The second-order valence-corrected chi connectivity index (χ2v) is 11.8. The first-order chi connectivity index (χ1) is 15.7. The summed E-state index contributed by atoms with van der Waals surface area (Å²) in [6.07, 6.45) is 4.87. The molecule has 2 amide bonds. The maximum Gasteiger partial charge on any atom is 0.253 e. The van der Waals surface area contributed by atoms with Crippen molar-refractivity contribution in [3.05, 3.63) is 46.0 Å². The third kappa shape index (κ3) is 5.22. The van der Waals surface area contributed by atoms with E-state index in [4.69, 9.17) is 0 Å². The number of rotatable bonds is 7. The highest BCUT2D eigenvalue weighted by Crippen LogP contribution is 2.59. The van der Waals surface area contributed by atoms with Gasteiger partial charge in [0.2, 0.25) is 5.91 Å². The fraction of sp³-hybridized carbons (Fsp3) is 0.630. The quantitative estimate of drug-likeness (QED) is 0.495. The van der Waals surface area contributed by atoms with Gasteiger partial charge < -0.3 is 9.80 Å². The molecule has 180 valence electrons. The minimum absolute atomic E-state index is 0.0102. The fourth-order valence-corrected chi connectivity index (χ4v) is 6.15. The minimum atomic E-state index is 0.0102. The summed E-state index contributed by atoms with van der Waals surface area (Å²) in [6.45, 7) is 14.3. The van der Waals surface area contributed by atoms with E-state index in [0.717, 1.165) is 68.2 Å². The van der Waals surface area contributed by atoms with Gasteiger partial charge in [-0.05, 0) is 48.3 Å². The molecule has 1 saturated heterocycles. The molecule has 5 rings (SSSR count). The number of hydrogen-bond donors (Lipinski definition) is 0. The molecule has 4 aliphatic rings. The molecule has 1 aromatic carbocycles. The molecule has 1 aromatic rings. The summed E-state index contributed by atoms with van der Waals surface area (Å²) >= 11 is 3.45. The lowest BCUT2D eigenvalue weighted by Crippen LogP contribution is -2.52. The first kappa shape index (κ1) is 24.5. The third-order valence-corrected chi connectivity index (χ3v) is 8.67. The molecule has 5 nitrogen and oxygen atoms in total. The lowest BCUT2D eigenvalue weighted by atomic mass is 9.49. The lowest BCUT2D eigenvalue weighted by Gasteiger charge is -2.57. The van der Waals surface area contributed by atoms with Crippen molar-refractivity contribution in [2.75, 3.05) is 45.8 Å². The van der Waals surface area contributed by atoms with E-state index < -0.39 is 0 Å². The van der Waals surface area contributed by atoms with Crippen molar-refractivity contribution in [1.29, 1.82) is 0 Å². The Labute approximate surface area is 207 Å². The van der Waals surface area contributed by atoms with Gasteiger partial charge in [0.05, 0.1) is 0 Å². The largest absolute Gasteiger partial charge is 0.337 e. The Hall–Kier alpha value is -1.66. The van der Waals surface area contributed by atoms with Crippen molar-refractivity contribution in [3.63, 3.8) is 0 Å². The number of nitrogens with zero attached hydrogens (tertiary/aromatic N) is 3. The average Bonchev–Trinajstić information content (AvgIpc) is 2.81. The first-order valence-electron chi connectivity index (χ1n) is 12.4. The Kier molecular flexibility index (Phi) is 7.35. The van der Waals surface area contributed by atoms with Crippen LogP contribution < -0.4 is 0 Å². The zero-order valence-corrected chi connectivity index (χ0v) is 22.1. The van der Waals surface area contributed by atoms with Crippen LogP contribution in [0.1, 0.15) is 50.9 Å². The summed E-state index contributed by atoms with van der Waals surface area (Å²) in [5.41, 5.74) is 2.59. The molecule has 0 spiro atoms. The summed E-state index contributed by atoms with van der Waals surface area (Å²) in [6, 6.07) is 7.60. The van der Waals surface area contributed by atoms with Gasteiger partial charge in [-0.1, -0.05) is 61.3 Å². The summed E-state index contributed by atoms with van der Waals surface area (Å²) in [5.74, 6) is 1.80. The number of carbonyl (C=O) groups is 2. The topological polar surface area (TPSA) is 43.9 Å². The van der Waals surface area contributed by atoms with E-state index in [9.17, 15) is 9.59 Å². The molecule has 1 saturated carbocycles. The van der Waals surface area contributed by atoms with E-state index in [1.54, 1.807) is 0 Å². The Balaban J connectivity index is 1.31. The normalized spacial score (nSPS) is 24.3. The van der Waals surface area contributed by atoms with Crippen molar-refractivity contribution < 1.29 is 9.59 Å². The van der Waals surface area contributed by atoms with E-state index in [-0.39, 0.29) is 17.7 Å². The van der Waals surface area contributed by atoms with Crippen LogP contribution in [0.2, 0.25) is 0 Å². The van der Waals surface area contributed by atoms with Gasteiger partial charge in [0.1, 0.15) is 0 Å². The zero-order chi connectivity index (χ0) is 23.8. The van der Waals surface area contributed by atoms with Crippen LogP contribution in [-0.4, -0.2) is 72.3 Å². The number of fused-ring (bicyclic) bond motifs is 1. The highest BCUT2D eigenvalue weighted by molar-refractivity contribution is 9.10. The van der Waals surface area contributed by atoms with Crippen LogP contribution in [0.5, 0.6) is 0 Å². The Morgan fingerprint density at radius 2 is 1.91 bits per heavy atom. The number of allylic oxidation sites excluding steroid dienone is 1. The van der Waals surface area contributed by atoms with Crippen LogP contribution in [0.25, 0.3) is 0 Å². The fourth-order valence-electron chi connectivity index (χ4n) is 5.75. The summed E-state index contributed by atoms with van der Waals surface area (Å²) in [7, 11) is 0. The number of piperazine rings is 1. The van der Waals surface area contributed by atoms with Crippen LogP contribution in [0.4, 0.5) is 0 Å². The molecule has 0 N–H and O–H groups in total. The van der Waals surface area contributed by atoms with Crippen molar-refractivity contribution in [3.8, 4) is 0 Å². The van der Waals surface area contributed by atoms with Gasteiger partial charge in [-0.25, -0.2) is 0 Å². The van der Waals surface area contributed by atoms with Gasteiger partial charge >= 0.3 is 0 Å². The van der Waals surface area contributed by atoms with Crippen molar-refractivity contribution >= 4 is 27.7 Å². The van der Waals surface area contributed by atoms with E-state index in [0.29, 0.717) is 11.3 Å². The summed E-state index contributed by atoms with van der Waals surface area (Å²) in [4.78, 5) is 32.3. The van der Waals surface area contributed by atoms with Gasteiger partial charge in [0, 0.05) is 61.8 Å². The van der Waals surface area contributed by atoms with Crippen molar-refractivity contribution in [2.45, 2.75) is 40.5 Å². The number of amides is 2. The van der Waals surface area contributed by atoms with E-state index in [1.807, 2.05) is 43.0 Å². The minimum Gasteiger partial charge on any atom is -0.337 e. The average molecular weight is 517 g/mol. The maximum atomic E-state index is 13.0. The van der Waals surface area contributed by atoms with E-state index in [1.165, 1.54) is 12.0 Å². The first-order valence-corrected chi connectivity index (χ1v) is 13.2. The Bertz CT molecular complexity index is 918. The van der Waals surface area contributed by atoms with Gasteiger partial charge in [0.15, 0.2) is 0 Å². The highest BCUT2D eigenvalue weighted by atomic mass is 79.9. The zero-order valence-electron chi connectivity index (χ0n) is 20.5. The molecule has 2 unspecified atom stereocenters. The predicted molar refractivity (Wildman–Crippen MR) is 136 cm³/mol. The monoisotopic (exact) mass is 515 g/mol. The van der Waals surface area contributed by atoms with Gasteiger partial charge in [-0.2, -0.15) is 0 Å². The van der Waals surface area contributed by atoms with Crippen LogP contribution in [0.3, 0.4) is 0 Å². The van der Waals surface area contributed by atoms with Crippen LogP contribution >= 0.6 is 15.9 Å². The summed E-state index contributed by atoms with van der Waals surface area (Å²) in [5, 5.41) is 0. The number of benzene rings is 1.